The summed E-state index contributed by atoms with van der Waals surface area (Å²) in [6.07, 6.45) is 0. The van der Waals surface area contributed by atoms with E-state index in [1.807, 2.05) is 30.3 Å². The summed E-state index contributed by atoms with van der Waals surface area (Å²) >= 11 is 0. The SMILES string of the molecule is Cc1cc(C(=O)N[C@H](CO)c2ccccc2)c2c(C)noc2n1. The first-order chi connectivity index (χ1) is 11.1. The Morgan fingerprint density at radius 2 is 2.04 bits per heavy atom. The number of nitrogens with zero attached hydrogens (tertiary/aromatic N) is 2. The van der Waals surface area contributed by atoms with Crippen molar-refractivity contribution >= 4 is 17.0 Å². The molecule has 6 nitrogen and oxygen atoms in total. The highest BCUT2D eigenvalue weighted by molar-refractivity contribution is 6.06. The summed E-state index contributed by atoms with van der Waals surface area (Å²) in [5.74, 6) is -0.297. The normalized spacial score (nSPS) is 12.3. The number of aliphatic hydroxyl groups is 1. The first-order valence-corrected chi connectivity index (χ1v) is 7.30. The van der Waals surface area contributed by atoms with Crippen molar-refractivity contribution in [2.75, 3.05) is 6.61 Å². The number of amides is 1. The van der Waals surface area contributed by atoms with Gasteiger partial charge in [0.1, 0.15) is 0 Å². The number of hydrogen-bond acceptors (Lipinski definition) is 5. The Bertz CT molecular complexity index is 843. The van der Waals surface area contributed by atoms with E-state index in [1.165, 1.54) is 0 Å². The van der Waals surface area contributed by atoms with Crippen LogP contribution in [0, 0.1) is 13.8 Å². The van der Waals surface area contributed by atoms with Crippen molar-refractivity contribution in [3.63, 3.8) is 0 Å². The molecule has 0 radical (unpaired) electrons. The van der Waals surface area contributed by atoms with Crippen LogP contribution in [0.5, 0.6) is 0 Å². The summed E-state index contributed by atoms with van der Waals surface area (Å²) in [6, 6.07) is 10.6. The molecule has 0 fully saturated rings. The smallest absolute Gasteiger partial charge is 0.258 e. The average molecular weight is 311 g/mol. The number of aliphatic hydroxyl groups excluding tert-OH is 1. The first kappa shape index (κ1) is 15.2. The van der Waals surface area contributed by atoms with Crippen LogP contribution in [-0.2, 0) is 0 Å². The van der Waals surface area contributed by atoms with Crippen LogP contribution in [0.15, 0.2) is 40.9 Å². The van der Waals surface area contributed by atoms with E-state index in [0.29, 0.717) is 28.1 Å². The summed E-state index contributed by atoms with van der Waals surface area (Å²) < 4.78 is 5.15. The third-order valence-electron chi connectivity index (χ3n) is 3.68. The zero-order valence-corrected chi connectivity index (χ0v) is 12.9. The van der Waals surface area contributed by atoms with Crippen LogP contribution in [0.3, 0.4) is 0 Å². The molecule has 0 spiro atoms. The number of benzene rings is 1. The molecule has 1 amide bonds. The summed E-state index contributed by atoms with van der Waals surface area (Å²) in [6.45, 7) is 3.36. The number of carbonyl (C=O) groups excluding carboxylic acids is 1. The summed E-state index contributed by atoms with van der Waals surface area (Å²) in [5.41, 5.74) is 2.90. The molecule has 0 aliphatic carbocycles. The predicted octanol–water partition coefficient (Wildman–Crippen LogP) is 2.30. The van der Waals surface area contributed by atoms with Crippen LogP contribution < -0.4 is 5.32 Å². The molecule has 0 saturated heterocycles. The highest BCUT2D eigenvalue weighted by Gasteiger charge is 2.20. The second kappa shape index (κ2) is 6.18. The molecule has 6 heteroatoms. The predicted molar refractivity (Wildman–Crippen MR) is 85.0 cm³/mol. The minimum absolute atomic E-state index is 0.189. The number of aryl methyl sites for hydroxylation is 2. The number of carbonyl (C=O) groups is 1. The second-order valence-corrected chi connectivity index (χ2v) is 5.38. The van der Waals surface area contributed by atoms with E-state index in [1.54, 1.807) is 19.9 Å². The Balaban J connectivity index is 1.96. The number of aromatic nitrogens is 2. The maximum absolute atomic E-state index is 12.7. The quantitative estimate of drug-likeness (QED) is 0.772. The molecule has 2 aromatic heterocycles. The molecule has 2 heterocycles. The molecule has 0 bridgehead atoms. The minimum Gasteiger partial charge on any atom is -0.394 e. The fourth-order valence-electron chi connectivity index (χ4n) is 2.55. The molecular weight excluding hydrogens is 294 g/mol. The molecule has 3 aromatic rings. The topological polar surface area (TPSA) is 88.2 Å². The number of pyridine rings is 1. The van der Waals surface area contributed by atoms with Crippen LogP contribution in [0.1, 0.15) is 33.4 Å². The standard InChI is InChI=1S/C17H17N3O3/c1-10-8-13(15-11(2)20-23-17(15)18-10)16(22)19-14(9-21)12-6-4-3-5-7-12/h3-8,14,21H,9H2,1-2H3,(H,19,22)/t14-/m1/s1. The minimum atomic E-state index is -0.479. The Labute approximate surface area is 133 Å². The lowest BCUT2D eigenvalue weighted by Crippen LogP contribution is -2.31. The molecule has 3 rings (SSSR count). The lowest BCUT2D eigenvalue weighted by molar-refractivity contribution is 0.0917. The molecular formula is C17H17N3O3. The van der Waals surface area contributed by atoms with Crippen molar-refractivity contribution < 1.29 is 14.4 Å². The Morgan fingerprint density at radius 3 is 2.74 bits per heavy atom. The van der Waals surface area contributed by atoms with Gasteiger partial charge in [-0.05, 0) is 25.5 Å². The van der Waals surface area contributed by atoms with Gasteiger partial charge in [-0.1, -0.05) is 35.5 Å². The van der Waals surface area contributed by atoms with Crippen molar-refractivity contribution in [2.45, 2.75) is 19.9 Å². The van der Waals surface area contributed by atoms with Gasteiger partial charge >= 0.3 is 0 Å². The van der Waals surface area contributed by atoms with Gasteiger partial charge < -0.3 is 14.9 Å². The zero-order chi connectivity index (χ0) is 16.4. The first-order valence-electron chi connectivity index (χ1n) is 7.30. The number of rotatable bonds is 4. The highest BCUT2D eigenvalue weighted by Crippen LogP contribution is 2.23. The zero-order valence-electron chi connectivity index (χ0n) is 12.9. The molecule has 1 atom stereocenters. The fourth-order valence-corrected chi connectivity index (χ4v) is 2.55. The molecule has 0 aliphatic rings. The third kappa shape index (κ3) is 2.93. The van der Waals surface area contributed by atoms with Crippen molar-refractivity contribution in [3.8, 4) is 0 Å². The maximum atomic E-state index is 12.7. The molecule has 0 aliphatic heterocycles. The number of hydrogen-bond donors (Lipinski definition) is 2. The lowest BCUT2D eigenvalue weighted by Gasteiger charge is -2.17. The number of nitrogens with one attached hydrogen (secondary N) is 1. The fraction of sp³-hybridized carbons (Fsp3) is 0.235. The van der Waals surface area contributed by atoms with Gasteiger partial charge in [-0.3, -0.25) is 4.79 Å². The van der Waals surface area contributed by atoms with Gasteiger partial charge in [0, 0.05) is 5.69 Å². The molecule has 1 aromatic carbocycles. The number of fused-ring (bicyclic) bond motifs is 1. The van der Waals surface area contributed by atoms with Gasteiger partial charge in [0.25, 0.3) is 11.6 Å². The second-order valence-electron chi connectivity index (χ2n) is 5.38. The van der Waals surface area contributed by atoms with Crippen molar-refractivity contribution in [1.82, 2.24) is 15.5 Å². The van der Waals surface area contributed by atoms with Crippen LogP contribution >= 0.6 is 0 Å². The van der Waals surface area contributed by atoms with Crippen LogP contribution in [0.25, 0.3) is 11.1 Å². The Hall–Kier alpha value is -2.73. The van der Waals surface area contributed by atoms with Crippen LogP contribution in [0.4, 0.5) is 0 Å². The summed E-state index contributed by atoms with van der Waals surface area (Å²) in [5, 5.41) is 16.9. The summed E-state index contributed by atoms with van der Waals surface area (Å²) in [7, 11) is 0. The van der Waals surface area contributed by atoms with Gasteiger partial charge in [0.05, 0.1) is 29.3 Å². The molecule has 0 unspecified atom stereocenters. The van der Waals surface area contributed by atoms with E-state index in [-0.39, 0.29) is 12.5 Å². The van der Waals surface area contributed by atoms with Gasteiger partial charge in [-0.15, -0.1) is 0 Å². The van der Waals surface area contributed by atoms with Crippen molar-refractivity contribution in [2.24, 2.45) is 0 Å². The highest BCUT2D eigenvalue weighted by atomic mass is 16.5. The van der Waals surface area contributed by atoms with Crippen LogP contribution in [0.2, 0.25) is 0 Å². The van der Waals surface area contributed by atoms with Gasteiger partial charge in [0.15, 0.2) is 0 Å². The van der Waals surface area contributed by atoms with E-state index in [0.717, 1.165) is 5.56 Å². The van der Waals surface area contributed by atoms with Crippen molar-refractivity contribution in [1.29, 1.82) is 0 Å². The lowest BCUT2D eigenvalue weighted by atomic mass is 10.1. The molecule has 23 heavy (non-hydrogen) atoms. The average Bonchev–Trinajstić information content (AvgIpc) is 2.93. The summed E-state index contributed by atoms with van der Waals surface area (Å²) in [4.78, 5) is 16.9. The van der Waals surface area contributed by atoms with E-state index in [2.05, 4.69) is 15.5 Å². The monoisotopic (exact) mass is 311 g/mol. The molecule has 118 valence electrons. The van der Waals surface area contributed by atoms with E-state index in [4.69, 9.17) is 4.52 Å². The van der Waals surface area contributed by atoms with E-state index < -0.39 is 6.04 Å². The van der Waals surface area contributed by atoms with Gasteiger partial charge in [0.2, 0.25) is 0 Å². The Kier molecular flexibility index (Phi) is 4.08. The van der Waals surface area contributed by atoms with E-state index >= 15 is 0 Å². The van der Waals surface area contributed by atoms with Gasteiger partial charge in [-0.25, -0.2) is 4.98 Å². The Morgan fingerprint density at radius 1 is 1.30 bits per heavy atom. The molecule has 2 N–H and O–H groups in total. The van der Waals surface area contributed by atoms with E-state index in [9.17, 15) is 9.90 Å². The maximum Gasteiger partial charge on any atom is 0.258 e. The third-order valence-corrected chi connectivity index (χ3v) is 3.68. The van der Waals surface area contributed by atoms with Crippen molar-refractivity contribution in [3.05, 3.63) is 58.9 Å². The molecule has 0 saturated carbocycles. The van der Waals surface area contributed by atoms with Crippen LogP contribution in [-0.4, -0.2) is 27.8 Å². The largest absolute Gasteiger partial charge is 0.394 e. The van der Waals surface area contributed by atoms with Gasteiger partial charge in [-0.2, -0.15) is 0 Å².